The van der Waals surface area contributed by atoms with E-state index < -0.39 is 0 Å². The standard InChI is InChI=1S/C18H31BO2/c1-7-16(14(2)13-15-11-9-8-10-12-15)19-20-17(3,4)18(5,6)21-19/h7,13,15H,8-12H2,1-6H3/b14-13-,16-7+. The van der Waals surface area contributed by atoms with Crippen LogP contribution in [0.4, 0.5) is 0 Å². The Kier molecular flexibility index (Phi) is 5.05. The van der Waals surface area contributed by atoms with Gasteiger partial charge < -0.3 is 9.31 Å². The minimum absolute atomic E-state index is 0.236. The summed E-state index contributed by atoms with van der Waals surface area (Å²) >= 11 is 0. The quantitative estimate of drug-likeness (QED) is 0.532. The molecule has 0 unspecified atom stereocenters. The maximum absolute atomic E-state index is 6.20. The molecule has 2 fully saturated rings. The van der Waals surface area contributed by atoms with Crippen LogP contribution < -0.4 is 0 Å². The van der Waals surface area contributed by atoms with Crippen LogP contribution in [0, 0.1) is 5.92 Å². The van der Waals surface area contributed by atoms with Crippen molar-refractivity contribution in [3.05, 3.63) is 23.2 Å². The summed E-state index contributed by atoms with van der Waals surface area (Å²) in [7, 11) is -0.236. The first-order valence-electron chi connectivity index (χ1n) is 8.47. The van der Waals surface area contributed by atoms with Crippen LogP contribution >= 0.6 is 0 Å². The highest BCUT2D eigenvalue weighted by Gasteiger charge is 2.52. The highest BCUT2D eigenvalue weighted by molar-refractivity contribution is 6.56. The van der Waals surface area contributed by atoms with Crippen LogP contribution in [-0.2, 0) is 9.31 Å². The van der Waals surface area contributed by atoms with Gasteiger partial charge in [0.25, 0.3) is 0 Å². The van der Waals surface area contributed by atoms with E-state index in [0.29, 0.717) is 0 Å². The van der Waals surface area contributed by atoms with Gasteiger partial charge in [0.1, 0.15) is 0 Å². The number of hydrogen-bond donors (Lipinski definition) is 0. The van der Waals surface area contributed by atoms with Gasteiger partial charge in [0.05, 0.1) is 11.2 Å². The summed E-state index contributed by atoms with van der Waals surface area (Å²) in [6.07, 6.45) is 11.4. The monoisotopic (exact) mass is 290 g/mol. The van der Waals surface area contributed by atoms with Gasteiger partial charge in [0.15, 0.2) is 0 Å². The first-order valence-corrected chi connectivity index (χ1v) is 8.47. The fourth-order valence-corrected chi connectivity index (χ4v) is 3.27. The molecular formula is C18H31BO2. The zero-order valence-electron chi connectivity index (χ0n) is 14.7. The maximum Gasteiger partial charge on any atom is 0.494 e. The summed E-state index contributed by atoms with van der Waals surface area (Å²) < 4.78 is 12.4. The van der Waals surface area contributed by atoms with Crippen LogP contribution in [0.25, 0.3) is 0 Å². The van der Waals surface area contributed by atoms with Crippen LogP contribution in [-0.4, -0.2) is 18.3 Å². The Bertz CT molecular complexity index is 412. The SMILES string of the molecule is C/C=C(B1OC(C)(C)C(C)(C)O1)\C(C)=C/C1CCCCC1. The van der Waals surface area contributed by atoms with Crippen molar-refractivity contribution in [2.75, 3.05) is 0 Å². The average Bonchev–Trinajstić information content (AvgIpc) is 2.60. The fourth-order valence-electron chi connectivity index (χ4n) is 3.27. The molecule has 3 heteroatoms. The summed E-state index contributed by atoms with van der Waals surface area (Å²) in [4.78, 5) is 0. The molecule has 0 amide bonds. The van der Waals surface area contributed by atoms with Crippen molar-refractivity contribution in [2.24, 2.45) is 5.92 Å². The Labute approximate surface area is 131 Å². The minimum Gasteiger partial charge on any atom is -0.399 e. The van der Waals surface area contributed by atoms with Gasteiger partial charge in [-0.3, -0.25) is 0 Å². The molecule has 0 bridgehead atoms. The molecule has 1 saturated carbocycles. The summed E-state index contributed by atoms with van der Waals surface area (Å²) in [6, 6.07) is 0. The molecular weight excluding hydrogens is 259 g/mol. The molecule has 21 heavy (non-hydrogen) atoms. The van der Waals surface area contributed by atoms with E-state index in [1.165, 1.54) is 43.1 Å². The Morgan fingerprint density at radius 2 is 1.52 bits per heavy atom. The molecule has 1 saturated heterocycles. The molecule has 2 nitrogen and oxygen atoms in total. The normalized spacial score (nSPS) is 27.2. The third-order valence-corrected chi connectivity index (χ3v) is 5.41. The number of allylic oxidation sites excluding steroid dienone is 4. The van der Waals surface area contributed by atoms with Gasteiger partial charge in [-0.15, -0.1) is 0 Å². The molecule has 1 aliphatic carbocycles. The predicted molar refractivity (Wildman–Crippen MR) is 90.2 cm³/mol. The van der Waals surface area contributed by atoms with Crippen molar-refractivity contribution in [3.8, 4) is 0 Å². The molecule has 118 valence electrons. The first kappa shape index (κ1) is 16.8. The fraction of sp³-hybridized carbons (Fsp3) is 0.778. The zero-order valence-corrected chi connectivity index (χ0v) is 14.7. The van der Waals surface area contributed by atoms with Crippen LogP contribution in [0.2, 0.25) is 0 Å². The van der Waals surface area contributed by atoms with E-state index in [9.17, 15) is 0 Å². The molecule has 0 spiro atoms. The number of hydrogen-bond acceptors (Lipinski definition) is 2. The second-order valence-electron chi connectivity index (χ2n) is 7.58. The Balaban J connectivity index is 2.12. The van der Waals surface area contributed by atoms with E-state index in [2.05, 4.69) is 53.7 Å². The third kappa shape index (κ3) is 3.63. The van der Waals surface area contributed by atoms with Crippen molar-refractivity contribution < 1.29 is 9.31 Å². The van der Waals surface area contributed by atoms with Crippen molar-refractivity contribution in [2.45, 2.75) is 84.8 Å². The lowest BCUT2D eigenvalue weighted by Crippen LogP contribution is -2.41. The van der Waals surface area contributed by atoms with E-state index in [1.54, 1.807) is 0 Å². The summed E-state index contributed by atoms with van der Waals surface area (Å²) in [5.74, 6) is 0.733. The van der Waals surface area contributed by atoms with E-state index in [-0.39, 0.29) is 18.3 Å². The van der Waals surface area contributed by atoms with E-state index in [1.807, 2.05) is 0 Å². The van der Waals surface area contributed by atoms with Crippen LogP contribution in [0.5, 0.6) is 0 Å². The van der Waals surface area contributed by atoms with Crippen molar-refractivity contribution in [1.82, 2.24) is 0 Å². The lowest BCUT2D eigenvalue weighted by molar-refractivity contribution is 0.00578. The van der Waals surface area contributed by atoms with E-state index >= 15 is 0 Å². The average molecular weight is 290 g/mol. The molecule has 1 aliphatic heterocycles. The lowest BCUT2D eigenvalue weighted by Gasteiger charge is -2.32. The second kappa shape index (κ2) is 6.30. The molecule has 1 heterocycles. The van der Waals surface area contributed by atoms with Crippen LogP contribution in [0.3, 0.4) is 0 Å². The topological polar surface area (TPSA) is 18.5 Å². The van der Waals surface area contributed by atoms with Crippen molar-refractivity contribution in [3.63, 3.8) is 0 Å². The molecule has 0 radical (unpaired) electrons. The van der Waals surface area contributed by atoms with E-state index in [4.69, 9.17) is 9.31 Å². The third-order valence-electron chi connectivity index (χ3n) is 5.41. The molecule has 2 aliphatic rings. The molecule has 0 aromatic carbocycles. The van der Waals surface area contributed by atoms with Gasteiger partial charge in [-0.1, -0.05) is 37.0 Å². The van der Waals surface area contributed by atoms with Crippen LogP contribution in [0.15, 0.2) is 23.2 Å². The van der Waals surface area contributed by atoms with Crippen LogP contribution in [0.1, 0.15) is 73.6 Å². The molecule has 0 N–H and O–H groups in total. The summed E-state index contributed by atoms with van der Waals surface area (Å²) in [5.41, 5.74) is 1.98. The van der Waals surface area contributed by atoms with Gasteiger partial charge >= 0.3 is 7.12 Å². The van der Waals surface area contributed by atoms with Gasteiger partial charge in [0, 0.05) is 0 Å². The molecule has 0 aromatic heterocycles. The Morgan fingerprint density at radius 1 is 1.00 bits per heavy atom. The second-order valence-corrected chi connectivity index (χ2v) is 7.58. The first-order chi connectivity index (χ1) is 9.77. The zero-order chi connectivity index (χ0) is 15.7. The van der Waals surface area contributed by atoms with Gasteiger partial charge in [-0.05, 0) is 65.8 Å². The predicted octanol–water partition coefficient (Wildman–Crippen LogP) is 5.09. The number of rotatable bonds is 3. The molecule has 0 atom stereocenters. The van der Waals surface area contributed by atoms with Gasteiger partial charge in [-0.2, -0.15) is 0 Å². The van der Waals surface area contributed by atoms with Crippen molar-refractivity contribution >= 4 is 7.12 Å². The largest absolute Gasteiger partial charge is 0.494 e. The Morgan fingerprint density at radius 3 is 2.00 bits per heavy atom. The van der Waals surface area contributed by atoms with Crippen molar-refractivity contribution in [1.29, 1.82) is 0 Å². The maximum atomic E-state index is 6.20. The van der Waals surface area contributed by atoms with Gasteiger partial charge in [-0.25, -0.2) is 0 Å². The lowest BCUT2D eigenvalue weighted by atomic mass is 9.72. The highest BCUT2D eigenvalue weighted by Crippen LogP contribution is 2.40. The van der Waals surface area contributed by atoms with E-state index in [0.717, 1.165) is 5.92 Å². The highest BCUT2D eigenvalue weighted by atomic mass is 16.7. The molecule has 0 aromatic rings. The minimum atomic E-state index is -0.267. The molecule has 2 rings (SSSR count). The summed E-state index contributed by atoms with van der Waals surface area (Å²) in [6.45, 7) is 12.7. The summed E-state index contributed by atoms with van der Waals surface area (Å²) in [5, 5.41) is 0. The smallest absolute Gasteiger partial charge is 0.399 e. The Hall–Kier alpha value is -0.535. The van der Waals surface area contributed by atoms with Gasteiger partial charge in [0.2, 0.25) is 0 Å².